The van der Waals surface area contributed by atoms with Crippen molar-refractivity contribution in [3.05, 3.63) is 54.6 Å². The van der Waals surface area contributed by atoms with Gasteiger partial charge in [-0.2, -0.15) is 4.31 Å². The maximum Gasteiger partial charge on any atom is 0.246 e. The van der Waals surface area contributed by atoms with E-state index in [2.05, 4.69) is 15.6 Å². The third kappa shape index (κ3) is 5.19. The van der Waals surface area contributed by atoms with E-state index in [0.29, 0.717) is 18.5 Å². The average Bonchev–Trinajstić information content (AvgIpc) is 2.74. The minimum absolute atomic E-state index is 0.00420. The first-order valence-corrected chi connectivity index (χ1v) is 11.0. The number of carbonyl (C=O) groups is 2. The topological polar surface area (TPSA) is 108 Å². The van der Waals surface area contributed by atoms with Crippen LogP contribution >= 0.6 is 0 Å². The van der Waals surface area contributed by atoms with Crippen LogP contribution in [0.4, 0.5) is 10.1 Å². The first-order chi connectivity index (χ1) is 14.3. The van der Waals surface area contributed by atoms with Crippen LogP contribution in [0.1, 0.15) is 19.8 Å². The van der Waals surface area contributed by atoms with Gasteiger partial charge in [-0.05, 0) is 56.2 Å². The Morgan fingerprint density at radius 2 is 1.83 bits per heavy atom. The number of hydrogen-bond donors (Lipinski definition) is 2. The SMILES string of the molecule is C[C@H](NC(=O)[C@@H]1CCCN(S(=O)(=O)c2ccc(F)cc2)C1)C(=O)Nc1ccncc1. The van der Waals surface area contributed by atoms with Crippen LogP contribution in [0.15, 0.2) is 53.7 Å². The van der Waals surface area contributed by atoms with Gasteiger partial charge in [0.15, 0.2) is 0 Å². The van der Waals surface area contributed by atoms with Gasteiger partial charge >= 0.3 is 0 Å². The second kappa shape index (κ2) is 9.31. The number of hydrogen-bond acceptors (Lipinski definition) is 5. The predicted octanol–water partition coefficient (Wildman–Crippen LogP) is 1.76. The number of nitrogens with one attached hydrogen (secondary N) is 2. The zero-order valence-electron chi connectivity index (χ0n) is 16.4. The van der Waals surface area contributed by atoms with E-state index in [1.807, 2.05) is 0 Å². The van der Waals surface area contributed by atoms with Crippen molar-refractivity contribution in [1.82, 2.24) is 14.6 Å². The molecule has 0 aliphatic carbocycles. The van der Waals surface area contributed by atoms with Crippen LogP contribution in [-0.4, -0.2) is 48.7 Å². The van der Waals surface area contributed by atoms with Gasteiger partial charge in [0, 0.05) is 31.2 Å². The fourth-order valence-corrected chi connectivity index (χ4v) is 4.74. The number of aromatic nitrogens is 1. The standard InChI is InChI=1S/C20H23FN4O4S/c1-14(19(26)24-17-8-10-22-11-9-17)23-20(27)15-3-2-12-25(13-15)30(28,29)18-6-4-16(21)5-7-18/h4-11,14-15H,2-3,12-13H2,1H3,(H,23,27)(H,22,24,26)/t14-,15+/m0/s1. The van der Waals surface area contributed by atoms with Gasteiger partial charge in [-0.25, -0.2) is 12.8 Å². The smallest absolute Gasteiger partial charge is 0.246 e. The average molecular weight is 434 g/mol. The highest BCUT2D eigenvalue weighted by atomic mass is 32.2. The Morgan fingerprint density at radius 3 is 2.50 bits per heavy atom. The zero-order valence-corrected chi connectivity index (χ0v) is 17.2. The number of sulfonamides is 1. The largest absolute Gasteiger partial charge is 0.344 e. The Kier molecular flexibility index (Phi) is 6.78. The molecule has 0 radical (unpaired) electrons. The monoisotopic (exact) mass is 434 g/mol. The van der Waals surface area contributed by atoms with E-state index in [9.17, 15) is 22.4 Å². The lowest BCUT2D eigenvalue weighted by atomic mass is 9.98. The number of amides is 2. The molecule has 1 saturated heterocycles. The molecule has 0 spiro atoms. The van der Waals surface area contributed by atoms with Gasteiger partial charge in [-0.1, -0.05) is 0 Å². The molecule has 2 atom stereocenters. The molecule has 2 amide bonds. The fraction of sp³-hybridized carbons (Fsp3) is 0.350. The number of rotatable bonds is 6. The Balaban J connectivity index is 1.61. The number of halogens is 1. The Hall–Kier alpha value is -2.85. The normalized spacial score (nSPS) is 18.4. The molecule has 1 aliphatic heterocycles. The molecule has 1 aromatic carbocycles. The molecular weight excluding hydrogens is 411 g/mol. The first kappa shape index (κ1) is 21.8. The maximum atomic E-state index is 13.1. The van der Waals surface area contributed by atoms with Crippen molar-refractivity contribution in [3.63, 3.8) is 0 Å². The Labute approximate surface area is 174 Å². The quantitative estimate of drug-likeness (QED) is 0.720. The summed E-state index contributed by atoms with van der Waals surface area (Å²) in [5.74, 6) is -1.87. The Bertz CT molecular complexity index is 999. The number of anilines is 1. The van der Waals surface area contributed by atoms with Gasteiger partial charge < -0.3 is 10.6 Å². The van der Waals surface area contributed by atoms with Gasteiger partial charge in [0.1, 0.15) is 11.9 Å². The summed E-state index contributed by atoms with van der Waals surface area (Å²) in [6, 6.07) is 7.06. The number of pyridine rings is 1. The van der Waals surface area contributed by atoms with Crippen molar-refractivity contribution in [3.8, 4) is 0 Å². The molecule has 10 heteroatoms. The molecule has 0 saturated carbocycles. The minimum Gasteiger partial charge on any atom is -0.344 e. The summed E-state index contributed by atoms with van der Waals surface area (Å²) in [5, 5.41) is 5.33. The maximum absolute atomic E-state index is 13.1. The van der Waals surface area contributed by atoms with Gasteiger partial charge in [0.05, 0.1) is 10.8 Å². The summed E-state index contributed by atoms with van der Waals surface area (Å²) in [4.78, 5) is 28.8. The van der Waals surface area contributed by atoms with Gasteiger partial charge in [0.25, 0.3) is 0 Å². The number of nitrogens with zero attached hydrogens (tertiary/aromatic N) is 2. The third-order valence-electron chi connectivity index (χ3n) is 4.91. The summed E-state index contributed by atoms with van der Waals surface area (Å²) >= 11 is 0. The summed E-state index contributed by atoms with van der Waals surface area (Å²) < 4.78 is 39.9. The minimum atomic E-state index is -3.83. The summed E-state index contributed by atoms with van der Waals surface area (Å²) in [6.07, 6.45) is 4.10. The van der Waals surface area contributed by atoms with E-state index >= 15 is 0 Å². The summed E-state index contributed by atoms with van der Waals surface area (Å²) in [7, 11) is -3.83. The van der Waals surface area contributed by atoms with E-state index in [1.165, 1.54) is 28.8 Å². The molecule has 3 rings (SSSR count). The van der Waals surface area contributed by atoms with Gasteiger partial charge in [0.2, 0.25) is 21.8 Å². The molecule has 30 heavy (non-hydrogen) atoms. The fourth-order valence-electron chi connectivity index (χ4n) is 3.21. The van der Waals surface area contributed by atoms with Crippen LogP contribution in [0.25, 0.3) is 0 Å². The van der Waals surface area contributed by atoms with Crippen LogP contribution in [-0.2, 0) is 19.6 Å². The second-order valence-electron chi connectivity index (χ2n) is 7.11. The van der Waals surface area contributed by atoms with Crippen molar-refractivity contribution in [2.75, 3.05) is 18.4 Å². The van der Waals surface area contributed by atoms with Crippen LogP contribution in [0.2, 0.25) is 0 Å². The first-order valence-electron chi connectivity index (χ1n) is 9.54. The van der Waals surface area contributed by atoms with Crippen molar-refractivity contribution >= 4 is 27.5 Å². The third-order valence-corrected chi connectivity index (χ3v) is 6.79. The number of piperidine rings is 1. The zero-order chi connectivity index (χ0) is 21.7. The van der Waals surface area contributed by atoms with Crippen LogP contribution in [0.5, 0.6) is 0 Å². The molecule has 1 fully saturated rings. The van der Waals surface area contributed by atoms with Crippen LogP contribution < -0.4 is 10.6 Å². The van der Waals surface area contributed by atoms with Gasteiger partial charge in [-0.15, -0.1) is 0 Å². The van der Waals surface area contributed by atoms with E-state index in [1.54, 1.807) is 19.1 Å². The number of carbonyl (C=O) groups excluding carboxylic acids is 2. The van der Waals surface area contributed by atoms with Crippen LogP contribution in [0.3, 0.4) is 0 Å². The lowest BCUT2D eigenvalue weighted by Gasteiger charge is -2.31. The van der Waals surface area contributed by atoms with Gasteiger partial charge in [-0.3, -0.25) is 14.6 Å². The molecule has 2 N–H and O–H groups in total. The van der Waals surface area contributed by atoms with E-state index < -0.39 is 27.8 Å². The molecule has 2 heterocycles. The second-order valence-corrected chi connectivity index (χ2v) is 9.05. The molecule has 1 aliphatic rings. The highest BCUT2D eigenvalue weighted by molar-refractivity contribution is 7.89. The predicted molar refractivity (Wildman–Crippen MR) is 108 cm³/mol. The molecule has 0 unspecified atom stereocenters. The highest BCUT2D eigenvalue weighted by Gasteiger charge is 2.34. The lowest BCUT2D eigenvalue weighted by Crippen LogP contribution is -2.49. The molecule has 1 aromatic heterocycles. The molecule has 0 bridgehead atoms. The lowest BCUT2D eigenvalue weighted by molar-refractivity contribution is -0.129. The summed E-state index contributed by atoms with van der Waals surface area (Å²) in [6.45, 7) is 1.84. The molecular formula is C20H23FN4O4S. The number of benzene rings is 1. The van der Waals surface area contributed by atoms with Crippen molar-refractivity contribution in [2.45, 2.75) is 30.7 Å². The van der Waals surface area contributed by atoms with Crippen molar-refractivity contribution in [2.24, 2.45) is 5.92 Å². The molecule has 2 aromatic rings. The van der Waals surface area contributed by atoms with Crippen LogP contribution in [0, 0.1) is 11.7 Å². The van der Waals surface area contributed by atoms with Crippen molar-refractivity contribution < 1.29 is 22.4 Å². The Morgan fingerprint density at radius 1 is 1.17 bits per heavy atom. The molecule has 8 nitrogen and oxygen atoms in total. The van der Waals surface area contributed by atoms with E-state index in [4.69, 9.17) is 0 Å². The van der Waals surface area contributed by atoms with E-state index in [-0.39, 0.29) is 29.8 Å². The molecule has 160 valence electrons. The van der Waals surface area contributed by atoms with E-state index in [0.717, 1.165) is 12.1 Å². The van der Waals surface area contributed by atoms with Crippen molar-refractivity contribution in [1.29, 1.82) is 0 Å². The summed E-state index contributed by atoms with van der Waals surface area (Å²) in [5.41, 5.74) is 0.560. The highest BCUT2D eigenvalue weighted by Crippen LogP contribution is 2.24.